The van der Waals surface area contributed by atoms with E-state index < -0.39 is 11.9 Å². The molecule has 25 heavy (non-hydrogen) atoms. The van der Waals surface area contributed by atoms with E-state index in [1.54, 1.807) is 0 Å². The lowest BCUT2D eigenvalue weighted by Crippen LogP contribution is -2.43. The summed E-state index contributed by atoms with van der Waals surface area (Å²) in [4.78, 5) is 25.6. The van der Waals surface area contributed by atoms with Crippen molar-refractivity contribution in [3.05, 3.63) is 34.9 Å². The van der Waals surface area contributed by atoms with Crippen molar-refractivity contribution >= 4 is 23.5 Å². The van der Waals surface area contributed by atoms with Gasteiger partial charge in [-0.15, -0.1) is 0 Å². The van der Waals surface area contributed by atoms with Gasteiger partial charge in [0.25, 0.3) is 0 Å². The van der Waals surface area contributed by atoms with Gasteiger partial charge in [0.1, 0.15) is 0 Å². The van der Waals surface area contributed by atoms with E-state index in [-0.39, 0.29) is 17.9 Å². The summed E-state index contributed by atoms with van der Waals surface area (Å²) in [5.74, 6) is -0.749. The Hall–Kier alpha value is -1.59. The Morgan fingerprint density at radius 2 is 1.84 bits per heavy atom. The van der Waals surface area contributed by atoms with Gasteiger partial charge in [0.05, 0.1) is 12.0 Å². The number of carbonyl (C=O) groups excluding carboxylic acids is 1. The van der Waals surface area contributed by atoms with Crippen molar-refractivity contribution in [3.8, 4) is 0 Å². The molecule has 2 heterocycles. The average molecular weight is 366 g/mol. The largest absolute Gasteiger partial charge is 0.481 e. The molecule has 1 aromatic carbocycles. The van der Waals surface area contributed by atoms with Gasteiger partial charge >= 0.3 is 5.97 Å². The number of amides is 1. The molecule has 5 nitrogen and oxygen atoms in total. The number of ether oxygens (including phenoxy) is 1. The molecule has 6 heteroatoms. The van der Waals surface area contributed by atoms with E-state index in [9.17, 15) is 14.7 Å². The van der Waals surface area contributed by atoms with Crippen LogP contribution in [0.1, 0.15) is 31.2 Å². The normalized spacial score (nSPS) is 24.4. The summed E-state index contributed by atoms with van der Waals surface area (Å²) in [5, 5.41) is 10.00. The molecule has 2 atom stereocenters. The summed E-state index contributed by atoms with van der Waals surface area (Å²) in [6.45, 7) is 1.91. The first kappa shape index (κ1) is 18.2. The van der Waals surface area contributed by atoms with Gasteiger partial charge < -0.3 is 14.7 Å². The number of piperidine rings is 1. The number of nitrogens with zero attached hydrogens (tertiary/aromatic N) is 1. The number of carboxylic acids is 1. The molecule has 1 amide bonds. The van der Waals surface area contributed by atoms with Crippen molar-refractivity contribution in [2.45, 2.75) is 38.2 Å². The maximum atomic E-state index is 12.4. The molecule has 2 fully saturated rings. The second kappa shape index (κ2) is 8.19. The Labute approximate surface area is 152 Å². The van der Waals surface area contributed by atoms with Crippen LogP contribution >= 0.6 is 11.6 Å². The van der Waals surface area contributed by atoms with Gasteiger partial charge in [-0.05, 0) is 49.3 Å². The highest BCUT2D eigenvalue weighted by molar-refractivity contribution is 6.30. The molecule has 0 spiro atoms. The predicted molar refractivity (Wildman–Crippen MR) is 94.6 cm³/mol. The Balaban J connectivity index is 1.46. The van der Waals surface area contributed by atoms with E-state index in [1.165, 1.54) is 0 Å². The monoisotopic (exact) mass is 365 g/mol. The number of likely N-dealkylation sites (tertiary alicyclic amines) is 1. The van der Waals surface area contributed by atoms with Crippen LogP contribution < -0.4 is 0 Å². The molecule has 136 valence electrons. The Kier molecular flexibility index (Phi) is 5.97. The lowest BCUT2D eigenvalue weighted by atomic mass is 9.84. The van der Waals surface area contributed by atoms with E-state index in [0.29, 0.717) is 44.0 Å². The fourth-order valence-corrected chi connectivity index (χ4v) is 4.00. The van der Waals surface area contributed by atoms with Crippen LogP contribution in [-0.2, 0) is 20.7 Å². The maximum absolute atomic E-state index is 12.4. The van der Waals surface area contributed by atoms with Crippen molar-refractivity contribution in [3.63, 3.8) is 0 Å². The molecule has 0 aliphatic carbocycles. The van der Waals surface area contributed by atoms with Gasteiger partial charge in [-0.25, -0.2) is 0 Å². The highest BCUT2D eigenvalue weighted by atomic mass is 35.5. The van der Waals surface area contributed by atoms with Crippen LogP contribution in [0.2, 0.25) is 5.02 Å². The average Bonchev–Trinajstić information content (AvgIpc) is 3.11. The number of aliphatic carboxylic acids is 1. The van der Waals surface area contributed by atoms with E-state index in [4.69, 9.17) is 16.3 Å². The van der Waals surface area contributed by atoms with Gasteiger partial charge in [-0.1, -0.05) is 23.7 Å². The summed E-state index contributed by atoms with van der Waals surface area (Å²) in [6.07, 6.45) is 3.25. The van der Waals surface area contributed by atoms with Crippen molar-refractivity contribution in [1.29, 1.82) is 0 Å². The summed E-state index contributed by atoms with van der Waals surface area (Å²) in [5.41, 5.74) is 1.11. The summed E-state index contributed by atoms with van der Waals surface area (Å²) < 4.78 is 5.68. The quantitative estimate of drug-likeness (QED) is 0.871. The van der Waals surface area contributed by atoms with Crippen molar-refractivity contribution < 1.29 is 19.4 Å². The number of hydrogen-bond acceptors (Lipinski definition) is 3. The van der Waals surface area contributed by atoms with Crippen LogP contribution in [0.25, 0.3) is 0 Å². The minimum absolute atomic E-state index is 0.163. The first-order valence-corrected chi connectivity index (χ1v) is 9.29. The highest BCUT2D eigenvalue weighted by Gasteiger charge is 2.40. The molecule has 0 aromatic heterocycles. The number of hydrogen-bond donors (Lipinski definition) is 1. The second-order valence-electron chi connectivity index (χ2n) is 6.91. The van der Waals surface area contributed by atoms with Gasteiger partial charge in [-0.2, -0.15) is 0 Å². The topological polar surface area (TPSA) is 66.8 Å². The zero-order chi connectivity index (χ0) is 17.8. The second-order valence-corrected chi connectivity index (χ2v) is 7.35. The van der Waals surface area contributed by atoms with Crippen LogP contribution in [0, 0.1) is 11.8 Å². The van der Waals surface area contributed by atoms with Gasteiger partial charge in [0.2, 0.25) is 5.91 Å². The fraction of sp³-hybridized carbons (Fsp3) is 0.579. The lowest BCUT2D eigenvalue weighted by molar-refractivity contribution is -0.146. The van der Waals surface area contributed by atoms with Crippen LogP contribution in [0.4, 0.5) is 0 Å². The van der Waals surface area contributed by atoms with E-state index in [2.05, 4.69) is 0 Å². The summed E-state index contributed by atoms with van der Waals surface area (Å²) in [7, 11) is 0. The van der Waals surface area contributed by atoms with Gasteiger partial charge in [-0.3, -0.25) is 9.59 Å². The minimum Gasteiger partial charge on any atom is -0.481 e. The SMILES string of the molecule is O=C(O)C1CCO[C@H]1C1CCN(C(=O)CCc2ccc(Cl)cc2)CC1. The molecule has 1 aromatic rings. The number of carbonyl (C=O) groups is 2. The van der Waals surface area contributed by atoms with Crippen LogP contribution in [-0.4, -0.2) is 47.7 Å². The van der Waals surface area contributed by atoms with Crippen LogP contribution in [0.5, 0.6) is 0 Å². The first-order valence-electron chi connectivity index (χ1n) is 8.91. The smallest absolute Gasteiger partial charge is 0.309 e. The molecule has 0 radical (unpaired) electrons. The fourth-order valence-electron chi connectivity index (χ4n) is 3.88. The number of benzene rings is 1. The molecule has 2 saturated heterocycles. The van der Waals surface area contributed by atoms with Crippen LogP contribution in [0.3, 0.4) is 0 Å². The van der Waals surface area contributed by atoms with Crippen molar-refractivity contribution in [1.82, 2.24) is 4.90 Å². The minimum atomic E-state index is -0.760. The number of rotatable bonds is 5. The third kappa shape index (κ3) is 4.53. The third-order valence-electron chi connectivity index (χ3n) is 5.35. The molecule has 2 aliphatic rings. The number of aryl methyl sites for hydroxylation is 1. The van der Waals surface area contributed by atoms with Crippen LogP contribution in [0.15, 0.2) is 24.3 Å². The number of halogens is 1. The molecular weight excluding hydrogens is 342 g/mol. The number of carboxylic acid groups (broad SMARTS) is 1. The highest BCUT2D eigenvalue weighted by Crippen LogP contribution is 2.33. The van der Waals surface area contributed by atoms with Gasteiger partial charge in [0, 0.05) is 31.1 Å². The maximum Gasteiger partial charge on any atom is 0.309 e. The molecular formula is C19H24ClNO4. The first-order chi connectivity index (χ1) is 12.0. The lowest BCUT2D eigenvalue weighted by Gasteiger charge is -2.35. The van der Waals surface area contributed by atoms with Crippen molar-refractivity contribution in [2.75, 3.05) is 19.7 Å². The summed E-state index contributed by atoms with van der Waals surface area (Å²) >= 11 is 5.87. The van der Waals surface area contributed by atoms with E-state index in [0.717, 1.165) is 18.4 Å². The zero-order valence-electron chi connectivity index (χ0n) is 14.2. The molecule has 2 aliphatic heterocycles. The summed E-state index contributed by atoms with van der Waals surface area (Å²) in [6, 6.07) is 7.58. The molecule has 1 unspecified atom stereocenters. The Morgan fingerprint density at radius 3 is 2.48 bits per heavy atom. The Morgan fingerprint density at radius 1 is 1.16 bits per heavy atom. The Bertz CT molecular complexity index is 610. The molecule has 3 rings (SSSR count). The van der Waals surface area contributed by atoms with E-state index in [1.807, 2.05) is 29.2 Å². The molecule has 0 bridgehead atoms. The molecule has 1 N–H and O–H groups in total. The molecule has 0 saturated carbocycles. The predicted octanol–water partition coefficient (Wildman–Crippen LogP) is 3.00. The zero-order valence-corrected chi connectivity index (χ0v) is 15.0. The van der Waals surface area contributed by atoms with E-state index >= 15 is 0 Å². The van der Waals surface area contributed by atoms with Crippen molar-refractivity contribution in [2.24, 2.45) is 11.8 Å². The standard InChI is InChI=1S/C19H24ClNO4/c20-15-4-1-13(2-5-15)3-6-17(22)21-10-7-14(8-11-21)18-16(19(23)24)9-12-25-18/h1-2,4-5,14,16,18H,3,6-12H2,(H,23,24)/t16?,18-/m0/s1. The van der Waals surface area contributed by atoms with Gasteiger partial charge in [0.15, 0.2) is 0 Å². The third-order valence-corrected chi connectivity index (χ3v) is 5.60.